The molecule has 0 N–H and O–H groups in total. The van der Waals surface area contributed by atoms with Crippen molar-refractivity contribution in [1.82, 2.24) is 4.98 Å². The van der Waals surface area contributed by atoms with Gasteiger partial charge in [0, 0.05) is 22.8 Å². The zero-order valence-corrected chi connectivity index (χ0v) is 14.9. The number of aromatic nitrogens is 1. The summed E-state index contributed by atoms with van der Waals surface area (Å²) in [5.41, 5.74) is 5.17. The molecule has 0 saturated carbocycles. The van der Waals surface area contributed by atoms with E-state index in [-0.39, 0.29) is 5.43 Å². The minimum atomic E-state index is 0.0159. The zero-order valence-electron chi connectivity index (χ0n) is 14.9. The van der Waals surface area contributed by atoms with Crippen LogP contribution in [-0.4, -0.2) is 4.98 Å². The van der Waals surface area contributed by atoms with Crippen LogP contribution in [0.1, 0.15) is 16.7 Å². The normalized spacial score (nSPS) is 11.4. The number of benzene rings is 4. The van der Waals surface area contributed by atoms with E-state index in [1.807, 2.05) is 60.7 Å². The molecule has 0 saturated heterocycles. The summed E-state index contributed by atoms with van der Waals surface area (Å²) < 4.78 is 6.22. The predicted octanol–water partition coefficient (Wildman–Crippen LogP) is 5.35. The van der Waals surface area contributed by atoms with Gasteiger partial charge in [-0.3, -0.25) is 4.79 Å². The molecule has 3 heteroatoms. The molecule has 1 heterocycles. The molecule has 5 rings (SSSR count). The molecule has 1 aliphatic heterocycles. The number of hydrogen-bond acceptors (Lipinski definition) is 3. The van der Waals surface area contributed by atoms with Crippen molar-refractivity contribution in [3.8, 4) is 11.5 Å². The number of rotatable bonds is 2. The van der Waals surface area contributed by atoms with E-state index in [0.29, 0.717) is 28.7 Å². The summed E-state index contributed by atoms with van der Waals surface area (Å²) in [4.78, 5) is 18.1. The van der Waals surface area contributed by atoms with Gasteiger partial charge in [-0.05, 0) is 30.2 Å². The Balaban J connectivity index is 1.90. The lowest BCUT2D eigenvalue weighted by Crippen LogP contribution is -2.14. The van der Waals surface area contributed by atoms with Gasteiger partial charge in [-0.15, -0.1) is 0 Å². The molecule has 0 amide bonds. The van der Waals surface area contributed by atoms with Crippen LogP contribution in [0.5, 0.6) is 0 Å². The second kappa shape index (κ2) is 6.06. The molecule has 27 heavy (non-hydrogen) atoms. The fraction of sp³-hybridized carbons (Fsp3) is 0.0833. The van der Waals surface area contributed by atoms with E-state index in [9.17, 15) is 4.79 Å². The Bertz CT molecular complexity index is 1330. The van der Waals surface area contributed by atoms with E-state index in [4.69, 9.17) is 9.40 Å². The summed E-state index contributed by atoms with van der Waals surface area (Å²) in [6, 6.07) is 23.4. The average Bonchev–Trinajstić information content (AvgIpc) is 2.71. The third-order valence-corrected chi connectivity index (χ3v) is 5.13. The maximum atomic E-state index is 13.3. The van der Waals surface area contributed by atoms with Gasteiger partial charge >= 0.3 is 0 Å². The lowest BCUT2D eigenvalue weighted by atomic mass is 9.93. The fourth-order valence-corrected chi connectivity index (χ4v) is 3.67. The van der Waals surface area contributed by atoms with E-state index in [2.05, 4.69) is 19.1 Å². The molecular weight excluding hydrogens is 334 g/mol. The first-order chi connectivity index (χ1) is 13.2. The van der Waals surface area contributed by atoms with E-state index in [0.717, 1.165) is 27.7 Å². The van der Waals surface area contributed by atoms with Crippen LogP contribution in [0, 0.1) is 6.92 Å². The lowest BCUT2D eigenvalue weighted by Gasteiger charge is -2.15. The van der Waals surface area contributed by atoms with Crippen molar-refractivity contribution >= 4 is 21.9 Å². The van der Waals surface area contributed by atoms with Gasteiger partial charge in [-0.25, -0.2) is 4.98 Å². The fourth-order valence-electron chi connectivity index (χ4n) is 3.67. The van der Waals surface area contributed by atoms with Crippen molar-refractivity contribution < 1.29 is 4.42 Å². The number of nitrogens with zero attached hydrogens (tertiary/aromatic N) is 1. The van der Waals surface area contributed by atoms with Crippen molar-refractivity contribution in [3.63, 3.8) is 0 Å². The monoisotopic (exact) mass is 351 g/mol. The Hall–Kier alpha value is -3.46. The zero-order chi connectivity index (χ0) is 18.4. The molecule has 1 aliphatic carbocycles. The SMILES string of the molecule is Cc1ccccc1Cc1c2oc3ccccc3nc-2c2ccccc2c1=O. The van der Waals surface area contributed by atoms with Crippen LogP contribution in [0.2, 0.25) is 0 Å². The highest BCUT2D eigenvalue weighted by molar-refractivity contribution is 5.97. The molecule has 0 atom stereocenters. The standard InChI is InChI=1S/C24H17NO2/c1-15-8-2-3-9-16(15)14-19-23(26)18-11-5-4-10-17(18)22-24(19)27-21-13-7-6-12-20(21)25-22/h2-13H,14H2,1H3. The van der Waals surface area contributed by atoms with Crippen molar-refractivity contribution in [2.75, 3.05) is 0 Å². The van der Waals surface area contributed by atoms with Crippen LogP contribution in [0.25, 0.3) is 33.3 Å². The average molecular weight is 351 g/mol. The van der Waals surface area contributed by atoms with E-state index < -0.39 is 0 Å². The maximum Gasteiger partial charge on any atom is 0.193 e. The van der Waals surface area contributed by atoms with E-state index in [1.165, 1.54) is 0 Å². The van der Waals surface area contributed by atoms with Crippen molar-refractivity contribution in [1.29, 1.82) is 0 Å². The lowest BCUT2D eigenvalue weighted by molar-refractivity contribution is 0.607. The van der Waals surface area contributed by atoms with Crippen molar-refractivity contribution in [2.24, 2.45) is 0 Å². The summed E-state index contributed by atoms with van der Waals surface area (Å²) in [5.74, 6) is 0.584. The molecule has 0 bridgehead atoms. The van der Waals surface area contributed by atoms with E-state index in [1.54, 1.807) is 0 Å². The summed E-state index contributed by atoms with van der Waals surface area (Å²) in [6.07, 6.45) is 0.524. The van der Waals surface area contributed by atoms with Crippen LogP contribution in [0.3, 0.4) is 0 Å². The Morgan fingerprint density at radius 3 is 2.41 bits per heavy atom. The predicted molar refractivity (Wildman–Crippen MR) is 108 cm³/mol. The van der Waals surface area contributed by atoms with E-state index >= 15 is 0 Å². The molecule has 0 unspecified atom stereocenters. The Kier molecular flexibility index (Phi) is 3.54. The van der Waals surface area contributed by atoms with Gasteiger partial charge in [0.05, 0.1) is 0 Å². The summed E-state index contributed by atoms with van der Waals surface area (Å²) in [7, 11) is 0. The highest BCUT2D eigenvalue weighted by Gasteiger charge is 2.22. The van der Waals surface area contributed by atoms with Crippen molar-refractivity contribution in [2.45, 2.75) is 13.3 Å². The third-order valence-electron chi connectivity index (χ3n) is 5.13. The molecule has 3 aromatic carbocycles. The van der Waals surface area contributed by atoms with Crippen molar-refractivity contribution in [3.05, 3.63) is 99.7 Å². The second-order valence-corrected chi connectivity index (χ2v) is 6.82. The summed E-state index contributed by atoms with van der Waals surface area (Å²) >= 11 is 0. The van der Waals surface area contributed by atoms with Crippen LogP contribution in [0.15, 0.2) is 82.0 Å². The van der Waals surface area contributed by atoms with Gasteiger partial charge in [0.15, 0.2) is 16.8 Å². The first-order valence-electron chi connectivity index (χ1n) is 9.00. The molecule has 0 radical (unpaired) electrons. The molecule has 3 nitrogen and oxygen atoms in total. The number of hydrogen-bond donors (Lipinski definition) is 0. The minimum Gasteiger partial charge on any atom is -0.452 e. The van der Waals surface area contributed by atoms with Gasteiger partial charge in [0.1, 0.15) is 11.2 Å². The van der Waals surface area contributed by atoms with Crippen LogP contribution >= 0.6 is 0 Å². The van der Waals surface area contributed by atoms with Gasteiger partial charge in [0.2, 0.25) is 0 Å². The second-order valence-electron chi connectivity index (χ2n) is 6.82. The molecule has 130 valence electrons. The number of fused-ring (bicyclic) bond motifs is 4. The molecule has 2 aliphatic rings. The Morgan fingerprint density at radius 1 is 0.852 bits per heavy atom. The Morgan fingerprint density at radius 2 is 1.56 bits per heavy atom. The van der Waals surface area contributed by atoms with Gasteiger partial charge in [-0.2, -0.15) is 0 Å². The largest absolute Gasteiger partial charge is 0.452 e. The summed E-state index contributed by atoms with van der Waals surface area (Å²) in [6.45, 7) is 2.06. The molecule has 0 fully saturated rings. The summed E-state index contributed by atoms with van der Waals surface area (Å²) in [5, 5.41) is 1.52. The molecule has 0 spiro atoms. The maximum absolute atomic E-state index is 13.3. The Labute approximate surface area is 156 Å². The van der Waals surface area contributed by atoms with Crippen LogP contribution in [0.4, 0.5) is 0 Å². The van der Waals surface area contributed by atoms with Gasteiger partial charge < -0.3 is 4.42 Å². The first kappa shape index (κ1) is 15.8. The van der Waals surface area contributed by atoms with Crippen LogP contribution < -0.4 is 5.43 Å². The molecule has 3 aromatic rings. The third kappa shape index (κ3) is 2.51. The topological polar surface area (TPSA) is 43.1 Å². The number of para-hydroxylation sites is 2. The highest BCUT2D eigenvalue weighted by Crippen LogP contribution is 2.33. The van der Waals surface area contributed by atoms with Gasteiger partial charge in [-0.1, -0.05) is 60.7 Å². The number of aryl methyl sites for hydroxylation is 1. The minimum absolute atomic E-state index is 0.0159. The molecular formula is C24H17NO2. The van der Waals surface area contributed by atoms with Crippen LogP contribution in [-0.2, 0) is 6.42 Å². The smallest absolute Gasteiger partial charge is 0.193 e. The quantitative estimate of drug-likeness (QED) is 0.318. The van der Waals surface area contributed by atoms with Gasteiger partial charge in [0.25, 0.3) is 0 Å². The highest BCUT2D eigenvalue weighted by atomic mass is 16.3. The first-order valence-corrected chi connectivity index (χ1v) is 9.00. The molecule has 0 aromatic heterocycles.